The van der Waals surface area contributed by atoms with E-state index in [1.165, 1.54) is 19.3 Å². The molecule has 0 aromatic heterocycles. The van der Waals surface area contributed by atoms with Crippen LogP contribution in [0.15, 0.2) is 47.6 Å². The Labute approximate surface area is 167 Å². The van der Waals surface area contributed by atoms with Gasteiger partial charge in [-0.3, -0.25) is 4.79 Å². The number of ether oxygens (including phenoxy) is 2. The predicted molar refractivity (Wildman–Crippen MR) is 113 cm³/mol. The number of hydrogen-bond donors (Lipinski definition) is 1. The van der Waals surface area contributed by atoms with Crippen LogP contribution in [0.4, 0.5) is 0 Å². The lowest BCUT2D eigenvalue weighted by Crippen LogP contribution is -2.25. The molecule has 28 heavy (non-hydrogen) atoms. The minimum Gasteiger partial charge on any atom is -0.494 e. The molecule has 0 heterocycles. The van der Waals surface area contributed by atoms with Crippen LogP contribution in [-0.4, -0.2) is 25.3 Å². The number of rotatable bonds is 11. The van der Waals surface area contributed by atoms with Gasteiger partial charge in [-0.1, -0.05) is 44.4 Å². The first-order chi connectivity index (χ1) is 13.6. The van der Waals surface area contributed by atoms with Crippen molar-refractivity contribution in [1.29, 1.82) is 0 Å². The van der Waals surface area contributed by atoms with Crippen LogP contribution in [0.5, 0.6) is 11.5 Å². The van der Waals surface area contributed by atoms with Crippen molar-refractivity contribution < 1.29 is 14.3 Å². The molecule has 150 valence electrons. The van der Waals surface area contributed by atoms with Crippen LogP contribution < -0.4 is 14.9 Å². The molecule has 0 fully saturated rings. The Bertz CT molecular complexity index is 750. The molecule has 0 aliphatic heterocycles. The maximum Gasteiger partial charge on any atom is 0.277 e. The predicted octanol–water partition coefficient (Wildman–Crippen LogP) is 4.79. The van der Waals surface area contributed by atoms with Crippen LogP contribution in [0.1, 0.15) is 49.3 Å². The van der Waals surface area contributed by atoms with Gasteiger partial charge in [-0.25, -0.2) is 5.43 Å². The zero-order valence-electron chi connectivity index (χ0n) is 17.0. The average molecular weight is 383 g/mol. The third-order valence-electron chi connectivity index (χ3n) is 4.31. The lowest BCUT2D eigenvalue weighted by molar-refractivity contribution is -0.123. The van der Waals surface area contributed by atoms with Gasteiger partial charge >= 0.3 is 0 Å². The van der Waals surface area contributed by atoms with E-state index < -0.39 is 0 Å². The molecule has 5 nitrogen and oxygen atoms in total. The second kappa shape index (κ2) is 11.8. The number of amides is 1. The van der Waals surface area contributed by atoms with Gasteiger partial charge in [-0.2, -0.15) is 5.10 Å². The first kappa shape index (κ1) is 21.5. The van der Waals surface area contributed by atoms with Crippen LogP contribution >= 0.6 is 0 Å². The average Bonchev–Trinajstić information content (AvgIpc) is 2.68. The third-order valence-corrected chi connectivity index (χ3v) is 4.31. The SMILES string of the molecule is CCCCCCOc1ccc(/C=N/NC(=O)COc2c(C)cccc2C)cc1. The number of aryl methyl sites for hydroxylation is 2. The number of para-hydroxylation sites is 1. The van der Waals surface area contributed by atoms with E-state index in [-0.39, 0.29) is 12.5 Å². The number of benzene rings is 2. The first-order valence-corrected chi connectivity index (χ1v) is 9.84. The van der Waals surface area contributed by atoms with E-state index in [0.29, 0.717) is 0 Å². The fraction of sp³-hybridized carbons (Fsp3) is 0.391. The molecule has 0 bridgehead atoms. The fourth-order valence-corrected chi connectivity index (χ4v) is 2.74. The summed E-state index contributed by atoms with van der Waals surface area (Å²) < 4.78 is 11.3. The lowest BCUT2D eigenvalue weighted by Gasteiger charge is -2.10. The monoisotopic (exact) mass is 382 g/mol. The van der Waals surface area contributed by atoms with Crippen LogP contribution in [0.3, 0.4) is 0 Å². The van der Waals surface area contributed by atoms with E-state index in [4.69, 9.17) is 9.47 Å². The molecular weight excluding hydrogens is 352 g/mol. The highest BCUT2D eigenvalue weighted by Gasteiger charge is 2.06. The van der Waals surface area contributed by atoms with Crippen molar-refractivity contribution in [2.45, 2.75) is 46.5 Å². The highest BCUT2D eigenvalue weighted by Crippen LogP contribution is 2.22. The van der Waals surface area contributed by atoms with E-state index in [1.54, 1.807) is 6.21 Å². The summed E-state index contributed by atoms with van der Waals surface area (Å²) in [7, 11) is 0. The minimum absolute atomic E-state index is 0.0756. The highest BCUT2D eigenvalue weighted by molar-refractivity contribution is 5.83. The molecule has 1 N–H and O–H groups in total. The molecular formula is C23H30N2O3. The second-order valence-corrected chi connectivity index (χ2v) is 6.78. The number of nitrogens with one attached hydrogen (secondary N) is 1. The van der Waals surface area contributed by atoms with Gasteiger partial charge in [-0.05, 0) is 61.2 Å². The number of hydrazone groups is 1. The molecule has 0 aliphatic rings. The Morgan fingerprint density at radius 1 is 1.00 bits per heavy atom. The molecule has 2 aromatic carbocycles. The van der Waals surface area contributed by atoms with Crippen LogP contribution in [0.2, 0.25) is 0 Å². The summed E-state index contributed by atoms with van der Waals surface area (Å²) in [5, 5.41) is 3.98. The smallest absolute Gasteiger partial charge is 0.277 e. The normalized spacial score (nSPS) is 10.8. The van der Waals surface area contributed by atoms with Crippen LogP contribution in [-0.2, 0) is 4.79 Å². The largest absolute Gasteiger partial charge is 0.494 e. The van der Waals surface area contributed by atoms with E-state index in [1.807, 2.05) is 56.3 Å². The standard InChI is InChI=1S/C23H30N2O3/c1-4-5-6-7-15-27-21-13-11-20(12-14-21)16-24-25-22(26)17-28-23-18(2)9-8-10-19(23)3/h8-14,16H,4-7,15,17H2,1-3H3,(H,25,26)/b24-16+. The van der Waals surface area contributed by atoms with Crippen LogP contribution in [0.25, 0.3) is 0 Å². The Balaban J connectivity index is 1.72. The Morgan fingerprint density at radius 2 is 1.71 bits per heavy atom. The van der Waals surface area contributed by atoms with Gasteiger partial charge in [-0.15, -0.1) is 0 Å². The van der Waals surface area contributed by atoms with Crippen LogP contribution in [0, 0.1) is 13.8 Å². The molecule has 5 heteroatoms. The summed E-state index contributed by atoms with van der Waals surface area (Å²) in [5.74, 6) is 1.29. The topological polar surface area (TPSA) is 59.9 Å². The zero-order chi connectivity index (χ0) is 20.2. The number of nitrogens with zero attached hydrogens (tertiary/aromatic N) is 1. The van der Waals surface area contributed by atoms with Gasteiger partial charge in [0.15, 0.2) is 6.61 Å². The number of carbonyl (C=O) groups is 1. The molecule has 0 saturated heterocycles. The van der Waals surface area contributed by atoms with Crippen molar-refractivity contribution in [3.05, 3.63) is 59.2 Å². The Kier molecular flexibility index (Phi) is 9.05. The van der Waals surface area contributed by atoms with E-state index in [9.17, 15) is 4.79 Å². The quantitative estimate of drug-likeness (QED) is 0.345. The summed E-state index contributed by atoms with van der Waals surface area (Å²) in [5.41, 5.74) is 5.37. The highest BCUT2D eigenvalue weighted by atomic mass is 16.5. The van der Waals surface area contributed by atoms with Gasteiger partial charge in [0.05, 0.1) is 12.8 Å². The molecule has 1 amide bonds. The van der Waals surface area contributed by atoms with Crippen molar-refractivity contribution in [3.8, 4) is 11.5 Å². The third kappa shape index (κ3) is 7.43. The molecule has 0 unspecified atom stereocenters. The maximum absolute atomic E-state index is 11.9. The summed E-state index contributed by atoms with van der Waals surface area (Å²) in [6.07, 6.45) is 6.35. The maximum atomic E-state index is 11.9. The molecule has 0 atom stereocenters. The number of hydrogen-bond acceptors (Lipinski definition) is 4. The van der Waals surface area contributed by atoms with Gasteiger partial charge in [0.2, 0.25) is 0 Å². The summed E-state index contributed by atoms with van der Waals surface area (Å²) in [4.78, 5) is 11.9. The molecule has 2 rings (SSSR count). The van der Waals surface area contributed by atoms with Gasteiger partial charge < -0.3 is 9.47 Å². The zero-order valence-corrected chi connectivity index (χ0v) is 17.0. The van der Waals surface area contributed by atoms with Crippen molar-refractivity contribution in [2.24, 2.45) is 5.10 Å². The number of unbranched alkanes of at least 4 members (excludes halogenated alkanes) is 3. The Hall–Kier alpha value is -2.82. The van der Waals surface area contributed by atoms with Crippen molar-refractivity contribution >= 4 is 12.1 Å². The summed E-state index contributed by atoms with van der Waals surface area (Å²) in [6.45, 7) is 6.77. The van der Waals surface area contributed by atoms with Gasteiger partial charge in [0.1, 0.15) is 11.5 Å². The number of carbonyl (C=O) groups excluding carboxylic acids is 1. The Morgan fingerprint density at radius 3 is 2.39 bits per heavy atom. The van der Waals surface area contributed by atoms with Crippen molar-refractivity contribution in [3.63, 3.8) is 0 Å². The second-order valence-electron chi connectivity index (χ2n) is 6.78. The van der Waals surface area contributed by atoms with E-state index in [2.05, 4.69) is 17.5 Å². The molecule has 0 aliphatic carbocycles. The van der Waals surface area contributed by atoms with E-state index >= 15 is 0 Å². The van der Waals surface area contributed by atoms with Crippen molar-refractivity contribution in [1.82, 2.24) is 5.43 Å². The summed E-state index contributed by atoms with van der Waals surface area (Å²) in [6, 6.07) is 13.5. The molecule has 0 saturated carbocycles. The minimum atomic E-state index is -0.300. The molecule has 0 radical (unpaired) electrons. The van der Waals surface area contributed by atoms with Gasteiger partial charge in [0.25, 0.3) is 5.91 Å². The molecule has 2 aromatic rings. The molecule has 0 spiro atoms. The summed E-state index contributed by atoms with van der Waals surface area (Å²) >= 11 is 0. The van der Waals surface area contributed by atoms with Gasteiger partial charge in [0, 0.05) is 0 Å². The van der Waals surface area contributed by atoms with E-state index in [0.717, 1.165) is 41.2 Å². The van der Waals surface area contributed by atoms with Crippen molar-refractivity contribution in [2.75, 3.05) is 13.2 Å². The fourth-order valence-electron chi connectivity index (χ4n) is 2.74. The lowest BCUT2D eigenvalue weighted by atomic mass is 10.1. The first-order valence-electron chi connectivity index (χ1n) is 9.84.